The molecule has 0 radical (unpaired) electrons. The maximum Gasteiger partial charge on any atom is 0.309 e. The van der Waals surface area contributed by atoms with Crippen molar-refractivity contribution < 1.29 is 24.1 Å². The van der Waals surface area contributed by atoms with Gasteiger partial charge < -0.3 is 24.8 Å². The van der Waals surface area contributed by atoms with Crippen LogP contribution in [0.3, 0.4) is 0 Å². The van der Waals surface area contributed by atoms with Crippen LogP contribution < -0.4 is 5.32 Å². The van der Waals surface area contributed by atoms with E-state index in [2.05, 4.69) is 15.3 Å². The number of carbonyl (C=O) groups is 1. The van der Waals surface area contributed by atoms with Crippen LogP contribution in [-0.4, -0.2) is 47.9 Å². The van der Waals surface area contributed by atoms with Gasteiger partial charge >= 0.3 is 5.97 Å². The number of esters is 1. The van der Waals surface area contributed by atoms with Gasteiger partial charge in [-0.05, 0) is 61.4 Å². The molecule has 1 saturated heterocycles. The number of aliphatic hydroxyl groups is 2. The molecule has 2 fully saturated rings. The Morgan fingerprint density at radius 3 is 2.56 bits per heavy atom. The lowest BCUT2D eigenvalue weighted by Crippen LogP contribution is -2.31. The van der Waals surface area contributed by atoms with Crippen LogP contribution in [0.25, 0.3) is 28.8 Å². The standard InChI is InChI=1S/C29H26FN5O4/c30-19-8-6-18(7-9-19)26-25(23-10-14-31-28(33-23)32-20-4-2-1-3-5-20)34-27(29(38)12-13-29)35(26)15-11-22-16-21(36)17-24(37)39-22/h1-11,14-15,21-22,36,38H,12-13,16-17H2,(H,31,32,33)/b15-11+. The molecule has 6 rings (SSSR count). The van der Waals surface area contributed by atoms with Crippen molar-refractivity contribution in [2.75, 3.05) is 5.32 Å². The molecule has 0 bridgehead atoms. The van der Waals surface area contributed by atoms with Crippen molar-refractivity contribution in [3.05, 3.63) is 84.6 Å². The number of hydrogen-bond donors (Lipinski definition) is 3. The van der Waals surface area contributed by atoms with Crippen LogP contribution in [0.5, 0.6) is 0 Å². The first-order chi connectivity index (χ1) is 18.9. The van der Waals surface area contributed by atoms with Crippen LogP contribution in [0.2, 0.25) is 0 Å². The molecule has 2 aromatic carbocycles. The number of cyclic esters (lactones) is 1. The Kier molecular flexibility index (Phi) is 6.41. The van der Waals surface area contributed by atoms with E-state index in [1.165, 1.54) is 12.1 Å². The van der Waals surface area contributed by atoms with Crippen LogP contribution in [0.1, 0.15) is 31.5 Å². The third-order valence-electron chi connectivity index (χ3n) is 6.74. The largest absolute Gasteiger partial charge is 0.458 e. The number of imidazole rings is 1. The average molecular weight is 528 g/mol. The molecule has 2 aliphatic rings. The Morgan fingerprint density at radius 1 is 1.08 bits per heavy atom. The summed E-state index contributed by atoms with van der Waals surface area (Å²) in [5, 5.41) is 24.4. The van der Waals surface area contributed by atoms with Crippen molar-refractivity contribution in [3.8, 4) is 22.6 Å². The van der Waals surface area contributed by atoms with E-state index in [1.54, 1.807) is 41.2 Å². The van der Waals surface area contributed by atoms with Crippen LogP contribution in [-0.2, 0) is 15.1 Å². The lowest BCUT2D eigenvalue weighted by molar-refractivity contribution is -0.156. The number of halogens is 1. The first kappa shape index (κ1) is 24.9. The van der Waals surface area contributed by atoms with Crippen LogP contribution in [0, 0.1) is 5.82 Å². The molecule has 0 amide bonds. The number of ether oxygens (including phenoxy) is 1. The molecule has 3 heterocycles. The number of para-hydroxylation sites is 1. The molecular formula is C29H26FN5O4. The molecule has 2 aromatic heterocycles. The van der Waals surface area contributed by atoms with Gasteiger partial charge in [0.05, 0.1) is 23.9 Å². The molecule has 198 valence electrons. The third kappa shape index (κ3) is 5.29. The van der Waals surface area contributed by atoms with Crippen molar-refractivity contribution in [3.63, 3.8) is 0 Å². The Labute approximate surface area is 223 Å². The van der Waals surface area contributed by atoms with E-state index in [9.17, 15) is 19.4 Å². The first-order valence-electron chi connectivity index (χ1n) is 12.7. The molecule has 9 nitrogen and oxygen atoms in total. The highest BCUT2D eigenvalue weighted by Crippen LogP contribution is 2.47. The highest BCUT2D eigenvalue weighted by Gasteiger charge is 2.47. The molecule has 3 N–H and O–H groups in total. The number of aromatic nitrogens is 4. The molecule has 2 unspecified atom stereocenters. The van der Waals surface area contributed by atoms with E-state index >= 15 is 0 Å². The van der Waals surface area contributed by atoms with E-state index < -0.39 is 23.8 Å². The highest BCUT2D eigenvalue weighted by molar-refractivity contribution is 5.80. The van der Waals surface area contributed by atoms with Crippen molar-refractivity contribution in [2.45, 2.75) is 43.5 Å². The Hall–Kier alpha value is -4.41. The molecule has 1 saturated carbocycles. The summed E-state index contributed by atoms with van der Waals surface area (Å²) in [6.45, 7) is 0. The maximum absolute atomic E-state index is 13.9. The number of hydrogen-bond acceptors (Lipinski definition) is 8. The van der Waals surface area contributed by atoms with Crippen LogP contribution in [0.4, 0.5) is 16.0 Å². The first-order valence-corrected chi connectivity index (χ1v) is 12.7. The zero-order valence-electron chi connectivity index (χ0n) is 20.9. The molecule has 1 aliphatic heterocycles. The van der Waals surface area contributed by atoms with Gasteiger partial charge in [0.2, 0.25) is 5.95 Å². The summed E-state index contributed by atoms with van der Waals surface area (Å²) in [5.74, 6) is -0.105. The summed E-state index contributed by atoms with van der Waals surface area (Å²) in [6, 6.07) is 17.2. The maximum atomic E-state index is 13.9. The monoisotopic (exact) mass is 527 g/mol. The summed E-state index contributed by atoms with van der Waals surface area (Å²) < 4.78 is 21.0. The lowest BCUT2D eigenvalue weighted by Gasteiger charge is -2.23. The molecule has 39 heavy (non-hydrogen) atoms. The number of rotatable bonds is 7. The van der Waals surface area contributed by atoms with Gasteiger partial charge in [-0.2, -0.15) is 0 Å². The van der Waals surface area contributed by atoms with Crippen LogP contribution >= 0.6 is 0 Å². The minimum atomic E-state index is -1.14. The van der Waals surface area contributed by atoms with Gasteiger partial charge in [0, 0.05) is 30.1 Å². The third-order valence-corrected chi connectivity index (χ3v) is 6.74. The predicted molar refractivity (Wildman–Crippen MR) is 142 cm³/mol. The molecule has 1 aliphatic carbocycles. The summed E-state index contributed by atoms with van der Waals surface area (Å²) in [5.41, 5.74) is 1.88. The van der Waals surface area contributed by atoms with Crippen molar-refractivity contribution in [1.82, 2.24) is 19.5 Å². The molecule has 2 atom stereocenters. The predicted octanol–water partition coefficient (Wildman–Crippen LogP) is 4.41. The van der Waals surface area contributed by atoms with E-state index in [0.29, 0.717) is 47.3 Å². The number of aliphatic hydroxyl groups excluding tert-OH is 1. The van der Waals surface area contributed by atoms with Crippen LogP contribution in [0.15, 0.2) is 72.9 Å². The number of nitrogens with zero attached hydrogens (tertiary/aromatic N) is 4. The summed E-state index contributed by atoms with van der Waals surface area (Å²) >= 11 is 0. The molecule has 10 heteroatoms. The van der Waals surface area contributed by atoms with Gasteiger partial charge in [0.1, 0.15) is 29.0 Å². The van der Waals surface area contributed by atoms with Gasteiger partial charge in [0.15, 0.2) is 0 Å². The van der Waals surface area contributed by atoms with Crippen molar-refractivity contribution >= 4 is 23.8 Å². The topological polar surface area (TPSA) is 122 Å². The van der Waals surface area contributed by atoms with E-state index in [0.717, 1.165) is 5.69 Å². The minimum absolute atomic E-state index is 0.0432. The quantitative estimate of drug-likeness (QED) is 0.302. The van der Waals surface area contributed by atoms with E-state index in [-0.39, 0.29) is 18.7 Å². The Balaban J connectivity index is 1.47. The van der Waals surface area contributed by atoms with Gasteiger partial charge in [-0.1, -0.05) is 18.2 Å². The molecular weight excluding hydrogens is 501 g/mol. The fourth-order valence-corrected chi connectivity index (χ4v) is 4.62. The highest BCUT2D eigenvalue weighted by atomic mass is 19.1. The molecule has 4 aromatic rings. The zero-order valence-corrected chi connectivity index (χ0v) is 20.9. The number of nitrogens with one attached hydrogen (secondary N) is 1. The minimum Gasteiger partial charge on any atom is -0.458 e. The second-order valence-electron chi connectivity index (χ2n) is 9.76. The number of carbonyl (C=O) groups excluding carboxylic acids is 1. The SMILES string of the molecule is O=C1CC(O)CC(/C=C/n2c(C3(O)CC3)nc(-c3ccnc(Nc4ccccc4)n3)c2-c2ccc(F)cc2)O1. The number of benzene rings is 2. The van der Waals surface area contributed by atoms with Gasteiger partial charge in [-0.15, -0.1) is 0 Å². The zero-order chi connectivity index (χ0) is 27.0. The van der Waals surface area contributed by atoms with Gasteiger partial charge in [0.25, 0.3) is 0 Å². The van der Waals surface area contributed by atoms with E-state index in [4.69, 9.17) is 9.72 Å². The van der Waals surface area contributed by atoms with E-state index in [1.807, 2.05) is 30.3 Å². The summed E-state index contributed by atoms with van der Waals surface area (Å²) in [4.78, 5) is 25.7. The smallest absolute Gasteiger partial charge is 0.309 e. The van der Waals surface area contributed by atoms with Crippen molar-refractivity contribution in [1.29, 1.82) is 0 Å². The van der Waals surface area contributed by atoms with Gasteiger partial charge in [-0.3, -0.25) is 4.79 Å². The molecule has 0 spiro atoms. The van der Waals surface area contributed by atoms with Crippen molar-refractivity contribution in [2.24, 2.45) is 0 Å². The summed E-state index contributed by atoms with van der Waals surface area (Å²) in [7, 11) is 0. The van der Waals surface area contributed by atoms with Gasteiger partial charge in [-0.25, -0.2) is 19.3 Å². The lowest BCUT2D eigenvalue weighted by atomic mass is 10.1. The fraction of sp³-hybridized carbons (Fsp3) is 0.241. The normalized spacial score (nSPS) is 20.1. The second-order valence-corrected chi connectivity index (χ2v) is 9.76. The second kappa shape index (κ2) is 10.0. The Bertz CT molecular complexity index is 1530. The Morgan fingerprint density at radius 2 is 1.85 bits per heavy atom. The fourth-order valence-electron chi connectivity index (χ4n) is 4.62. The average Bonchev–Trinajstić information content (AvgIpc) is 3.55. The summed E-state index contributed by atoms with van der Waals surface area (Å²) in [6.07, 6.45) is 4.80. The number of anilines is 2.